The second-order valence-corrected chi connectivity index (χ2v) is 5.66. The summed E-state index contributed by atoms with van der Waals surface area (Å²) in [4.78, 5) is 16.4. The number of pyridine rings is 1. The van der Waals surface area contributed by atoms with E-state index in [-0.39, 0.29) is 0 Å². The van der Waals surface area contributed by atoms with E-state index in [1.54, 1.807) is 12.3 Å². The molecule has 5 heteroatoms. The van der Waals surface area contributed by atoms with Crippen LogP contribution >= 0.6 is 11.3 Å². The summed E-state index contributed by atoms with van der Waals surface area (Å²) in [6, 6.07) is 3.74. The molecule has 2 heterocycles. The molecule has 0 radical (unpaired) electrons. The molecule has 19 heavy (non-hydrogen) atoms. The summed E-state index contributed by atoms with van der Waals surface area (Å²) in [6.45, 7) is 5.41. The molecule has 100 valence electrons. The van der Waals surface area contributed by atoms with Gasteiger partial charge in [-0.25, -0.2) is 4.79 Å². The van der Waals surface area contributed by atoms with Gasteiger partial charge in [0, 0.05) is 30.4 Å². The maximum Gasteiger partial charge on any atom is 0.345 e. The van der Waals surface area contributed by atoms with E-state index in [9.17, 15) is 4.79 Å². The third-order valence-corrected chi connectivity index (χ3v) is 4.08. The molecule has 0 saturated heterocycles. The average Bonchev–Trinajstić information content (AvgIpc) is 2.74. The minimum Gasteiger partial charge on any atom is -0.477 e. The van der Waals surface area contributed by atoms with Gasteiger partial charge in [0.15, 0.2) is 0 Å². The first-order valence-corrected chi connectivity index (χ1v) is 6.82. The summed E-state index contributed by atoms with van der Waals surface area (Å²) in [6.07, 6.45) is 3.62. The van der Waals surface area contributed by atoms with Crippen molar-refractivity contribution in [1.82, 2.24) is 10.3 Å². The number of aromatic carboxylic acids is 1. The quantitative estimate of drug-likeness (QED) is 0.881. The van der Waals surface area contributed by atoms with Gasteiger partial charge in [-0.15, -0.1) is 11.3 Å². The van der Waals surface area contributed by atoms with E-state index >= 15 is 0 Å². The number of hydrogen-bond donors (Lipinski definition) is 2. The van der Waals surface area contributed by atoms with Crippen LogP contribution in [0, 0.1) is 13.8 Å². The number of nitrogens with one attached hydrogen (secondary N) is 1. The minimum absolute atomic E-state index is 0.398. The van der Waals surface area contributed by atoms with Crippen LogP contribution in [-0.4, -0.2) is 16.1 Å². The lowest BCUT2D eigenvalue weighted by Crippen LogP contribution is -2.13. The summed E-state index contributed by atoms with van der Waals surface area (Å²) in [5.41, 5.74) is 3.42. The highest BCUT2D eigenvalue weighted by Gasteiger charge is 2.10. The Labute approximate surface area is 116 Å². The Morgan fingerprint density at radius 1 is 1.37 bits per heavy atom. The van der Waals surface area contributed by atoms with Gasteiger partial charge >= 0.3 is 5.97 Å². The second kappa shape index (κ2) is 5.95. The Kier molecular flexibility index (Phi) is 4.29. The molecule has 0 bridgehead atoms. The van der Waals surface area contributed by atoms with Gasteiger partial charge in [0.25, 0.3) is 0 Å². The van der Waals surface area contributed by atoms with Gasteiger partial charge in [0.2, 0.25) is 0 Å². The van der Waals surface area contributed by atoms with Crippen molar-refractivity contribution in [1.29, 1.82) is 0 Å². The van der Waals surface area contributed by atoms with Gasteiger partial charge in [0.1, 0.15) is 4.88 Å². The number of aryl methyl sites for hydroxylation is 2. The topological polar surface area (TPSA) is 62.2 Å². The summed E-state index contributed by atoms with van der Waals surface area (Å²) in [7, 11) is 0. The molecule has 0 spiro atoms. The summed E-state index contributed by atoms with van der Waals surface area (Å²) in [5.74, 6) is -0.857. The lowest BCUT2D eigenvalue weighted by molar-refractivity contribution is 0.0702. The Morgan fingerprint density at radius 2 is 2.11 bits per heavy atom. The lowest BCUT2D eigenvalue weighted by Gasteiger charge is -2.06. The third-order valence-electron chi connectivity index (χ3n) is 3.00. The molecule has 2 aromatic rings. The SMILES string of the molecule is Cc1cnccc1CNCc1cc(C(=O)O)sc1C. The molecule has 2 rings (SSSR count). The van der Waals surface area contributed by atoms with E-state index in [0.29, 0.717) is 11.4 Å². The van der Waals surface area contributed by atoms with Gasteiger partial charge in [0.05, 0.1) is 0 Å². The molecule has 2 N–H and O–H groups in total. The highest BCUT2D eigenvalue weighted by Crippen LogP contribution is 2.21. The molecule has 0 aliphatic carbocycles. The molecule has 0 unspecified atom stereocenters. The normalized spacial score (nSPS) is 10.6. The van der Waals surface area contributed by atoms with E-state index in [1.165, 1.54) is 16.9 Å². The molecule has 0 saturated carbocycles. The highest BCUT2D eigenvalue weighted by molar-refractivity contribution is 7.14. The Hall–Kier alpha value is -1.72. The number of aromatic nitrogens is 1. The Bertz CT molecular complexity index is 593. The summed E-state index contributed by atoms with van der Waals surface area (Å²) in [5, 5.41) is 12.3. The zero-order chi connectivity index (χ0) is 13.8. The van der Waals surface area contributed by atoms with Crippen molar-refractivity contribution in [2.75, 3.05) is 0 Å². The van der Waals surface area contributed by atoms with Crippen LogP contribution < -0.4 is 5.32 Å². The van der Waals surface area contributed by atoms with Crippen molar-refractivity contribution >= 4 is 17.3 Å². The maximum atomic E-state index is 10.9. The van der Waals surface area contributed by atoms with Crippen molar-refractivity contribution in [3.8, 4) is 0 Å². The third kappa shape index (κ3) is 3.39. The first-order chi connectivity index (χ1) is 9.08. The number of carboxylic acids is 1. The number of carbonyl (C=O) groups is 1. The molecule has 4 nitrogen and oxygen atoms in total. The van der Waals surface area contributed by atoms with E-state index in [1.807, 2.05) is 26.1 Å². The van der Waals surface area contributed by atoms with Crippen molar-refractivity contribution in [3.05, 3.63) is 51.0 Å². The monoisotopic (exact) mass is 276 g/mol. The molecule has 0 aromatic carbocycles. The fourth-order valence-corrected chi connectivity index (χ4v) is 2.71. The lowest BCUT2D eigenvalue weighted by atomic mass is 10.1. The van der Waals surface area contributed by atoms with Gasteiger partial charge in [-0.2, -0.15) is 0 Å². The Morgan fingerprint density at radius 3 is 2.74 bits per heavy atom. The molecule has 0 fully saturated rings. The highest BCUT2D eigenvalue weighted by atomic mass is 32.1. The van der Waals surface area contributed by atoms with Crippen LogP contribution in [0.2, 0.25) is 0 Å². The zero-order valence-electron chi connectivity index (χ0n) is 10.9. The molecule has 0 amide bonds. The van der Waals surface area contributed by atoms with Crippen LogP contribution in [0.1, 0.15) is 31.2 Å². The van der Waals surface area contributed by atoms with Crippen LogP contribution in [-0.2, 0) is 13.1 Å². The summed E-state index contributed by atoms with van der Waals surface area (Å²) < 4.78 is 0. The van der Waals surface area contributed by atoms with Gasteiger partial charge in [-0.1, -0.05) is 0 Å². The van der Waals surface area contributed by atoms with E-state index in [0.717, 1.165) is 22.5 Å². The number of nitrogens with zero attached hydrogens (tertiary/aromatic N) is 1. The van der Waals surface area contributed by atoms with E-state index in [2.05, 4.69) is 10.3 Å². The van der Waals surface area contributed by atoms with E-state index < -0.39 is 5.97 Å². The average molecular weight is 276 g/mol. The van der Waals surface area contributed by atoms with Gasteiger partial charge in [-0.05, 0) is 42.7 Å². The Balaban J connectivity index is 1.96. The van der Waals surface area contributed by atoms with Crippen molar-refractivity contribution in [3.63, 3.8) is 0 Å². The van der Waals surface area contributed by atoms with Crippen LogP contribution in [0.5, 0.6) is 0 Å². The number of carboxylic acid groups (broad SMARTS) is 1. The molecular formula is C14H16N2O2S. The van der Waals surface area contributed by atoms with Crippen molar-refractivity contribution < 1.29 is 9.90 Å². The predicted molar refractivity (Wildman–Crippen MR) is 75.5 cm³/mol. The number of rotatable bonds is 5. The maximum absolute atomic E-state index is 10.9. The van der Waals surface area contributed by atoms with Crippen LogP contribution in [0.15, 0.2) is 24.5 Å². The minimum atomic E-state index is -0.857. The fraction of sp³-hybridized carbons (Fsp3) is 0.286. The molecule has 0 aliphatic heterocycles. The first-order valence-electron chi connectivity index (χ1n) is 6.00. The van der Waals surface area contributed by atoms with Gasteiger partial charge < -0.3 is 10.4 Å². The molecule has 0 aliphatic rings. The molecular weight excluding hydrogens is 260 g/mol. The first kappa shape index (κ1) is 13.7. The summed E-state index contributed by atoms with van der Waals surface area (Å²) >= 11 is 1.32. The number of thiophene rings is 1. The standard InChI is InChI=1S/C14H16N2O2S/c1-9-6-15-4-3-11(9)7-16-8-12-5-13(14(17)18)19-10(12)2/h3-6,16H,7-8H2,1-2H3,(H,17,18). The van der Waals surface area contributed by atoms with E-state index in [4.69, 9.17) is 5.11 Å². The number of hydrogen-bond acceptors (Lipinski definition) is 4. The zero-order valence-corrected chi connectivity index (χ0v) is 11.8. The van der Waals surface area contributed by atoms with Crippen LogP contribution in [0.4, 0.5) is 0 Å². The molecule has 2 aromatic heterocycles. The fourth-order valence-electron chi connectivity index (χ4n) is 1.83. The van der Waals surface area contributed by atoms with Crippen LogP contribution in [0.25, 0.3) is 0 Å². The van der Waals surface area contributed by atoms with Crippen molar-refractivity contribution in [2.45, 2.75) is 26.9 Å². The smallest absolute Gasteiger partial charge is 0.345 e. The second-order valence-electron chi connectivity index (χ2n) is 4.40. The largest absolute Gasteiger partial charge is 0.477 e. The predicted octanol–water partition coefficient (Wildman–Crippen LogP) is 2.75. The van der Waals surface area contributed by atoms with Crippen molar-refractivity contribution in [2.24, 2.45) is 0 Å². The van der Waals surface area contributed by atoms with Crippen LogP contribution in [0.3, 0.4) is 0 Å². The molecule has 0 atom stereocenters. The van der Waals surface area contributed by atoms with Gasteiger partial charge in [-0.3, -0.25) is 4.98 Å².